The fourth-order valence-electron chi connectivity index (χ4n) is 3.38. The van der Waals surface area contributed by atoms with E-state index in [2.05, 4.69) is 25.7 Å². The van der Waals surface area contributed by atoms with Crippen LogP contribution in [0.5, 0.6) is 5.88 Å². The van der Waals surface area contributed by atoms with Crippen molar-refractivity contribution in [3.8, 4) is 28.4 Å². The maximum atomic E-state index is 13.1. The SMILES string of the molecule is COc1nc(-c2c(C)n[nH]c2C)ccc1NC(=O)c1c(-c2ccccc2)noc1C. The molecule has 2 N–H and O–H groups in total. The van der Waals surface area contributed by atoms with Gasteiger partial charge in [-0.05, 0) is 32.9 Å². The molecule has 4 rings (SSSR count). The van der Waals surface area contributed by atoms with Gasteiger partial charge in [-0.15, -0.1) is 0 Å². The molecule has 0 radical (unpaired) electrons. The molecule has 8 heteroatoms. The number of amides is 1. The second-order valence-electron chi connectivity index (χ2n) is 6.84. The molecule has 30 heavy (non-hydrogen) atoms. The van der Waals surface area contributed by atoms with E-state index in [1.165, 1.54) is 7.11 Å². The molecule has 0 spiro atoms. The normalized spacial score (nSPS) is 10.8. The van der Waals surface area contributed by atoms with Gasteiger partial charge < -0.3 is 14.6 Å². The third-order valence-electron chi connectivity index (χ3n) is 4.82. The van der Waals surface area contributed by atoms with Gasteiger partial charge in [0.05, 0.1) is 18.5 Å². The number of aromatic nitrogens is 4. The van der Waals surface area contributed by atoms with Gasteiger partial charge in [-0.3, -0.25) is 9.89 Å². The number of pyridine rings is 1. The number of hydrogen-bond donors (Lipinski definition) is 2. The number of hydrogen-bond acceptors (Lipinski definition) is 6. The van der Waals surface area contributed by atoms with Crippen LogP contribution >= 0.6 is 0 Å². The Bertz CT molecular complexity index is 1190. The van der Waals surface area contributed by atoms with Crippen LogP contribution in [0.4, 0.5) is 5.69 Å². The summed E-state index contributed by atoms with van der Waals surface area (Å²) in [7, 11) is 1.51. The molecule has 0 saturated carbocycles. The largest absolute Gasteiger partial charge is 0.479 e. The lowest BCUT2D eigenvalue weighted by atomic mass is 10.1. The average Bonchev–Trinajstić information content (AvgIpc) is 3.30. The maximum absolute atomic E-state index is 13.1. The summed E-state index contributed by atoms with van der Waals surface area (Å²) in [6.45, 7) is 5.54. The van der Waals surface area contributed by atoms with Gasteiger partial charge in [0.15, 0.2) is 0 Å². The standard InChI is InChI=1S/C22H21N5O3/c1-12-18(13(2)26-25-12)16-10-11-17(22(24-16)29-4)23-21(28)19-14(3)30-27-20(19)15-8-6-5-7-9-15/h5-11H,1-4H3,(H,23,28)(H,25,26). The number of carbonyl (C=O) groups is 1. The Kier molecular flexibility index (Phi) is 5.05. The van der Waals surface area contributed by atoms with Gasteiger partial charge in [0, 0.05) is 16.8 Å². The minimum Gasteiger partial charge on any atom is -0.479 e. The van der Waals surface area contributed by atoms with Crippen molar-refractivity contribution in [2.24, 2.45) is 0 Å². The van der Waals surface area contributed by atoms with Crippen molar-refractivity contribution < 1.29 is 14.1 Å². The summed E-state index contributed by atoms with van der Waals surface area (Å²) in [4.78, 5) is 17.6. The number of rotatable bonds is 5. The van der Waals surface area contributed by atoms with Gasteiger partial charge in [-0.1, -0.05) is 35.5 Å². The van der Waals surface area contributed by atoms with E-state index in [4.69, 9.17) is 9.26 Å². The number of nitrogens with one attached hydrogen (secondary N) is 2. The zero-order valence-electron chi connectivity index (χ0n) is 17.1. The molecule has 0 fully saturated rings. The van der Waals surface area contributed by atoms with Gasteiger partial charge >= 0.3 is 0 Å². The van der Waals surface area contributed by atoms with E-state index in [1.807, 2.05) is 50.2 Å². The average molecular weight is 403 g/mol. The first-order chi connectivity index (χ1) is 14.5. The van der Waals surface area contributed by atoms with Crippen LogP contribution in [-0.2, 0) is 0 Å². The van der Waals surface area contributed by atoms with Crippen LogP contribution in [-0.4, -0.2) is 33.4 Å². The molecule has 1 aromatic carbocycles. The third-order valence-corrected chi connectivity index (χ3v) is 4.82. The summed E-state index contributed by atoms with van der Waals surface area (Å²) in [6.07, 6.45) is 0. The molecule has 0 aliphatic rings. The summed E-state index contributed by atoms with van der Waals surface area (Å²) >= 11 is 0. The molecule has 0 unspecified atom stereocenters. The Morgan fingerprint density at radius 1 is 1.10 bits per heavy atom. The number of ether oxygens (including phenoxy) is 1. The number of aromatic amines is 1. The molecule has 3 aromatic heterocycles. The number of aryl methyl sites for hydroxylation is 3. The second-order valence-corrected chi connectivity index (χ2v) is 6.84. The molecule has 8 nitrogen and oxygen atoms in total. The van der Waals surface area contributed by atoms with E-state index in [0.717, 1.165) is 22.5 Å². The predicted octanol–water partition coefficient (Wildman–Crippen LogP) is 4.31. The summed E-state index contributed by atoms with van der Waals surface area (Å²) in [6, 6.07) is 13.0. The molecule has 1 amide bonds. The molecular formula is C22H21N5O3. The smallest absolute Gasteiger partial charge is 0.261 e. The van der Waals surface area contributed by atoms with Crippen molar-refractivity contribution in [3.05, 3.63) is 65.2 Å². The third kappa shape index (κ3) is 3.43. The lowest BCUT2D eigenvalue weighted by molar-refractivity contribution is 0.102. The zero-order chi connectivity index (χ0) is 21.3. The van der Waals surface area contributed by atoms with Crippen LogP contribution in [0.25, 0.3) is 22.5 Å². The van der Waals surface area contributed by atoms with E-state index in [1.54, 1.807) is 13.0 Å². The number of methoxy groups -OCH3 is 1. The van der Waals surface area contributed by atoms with E-state index >= 15 is 0 Å². The Morgan fingerprint density at radius 2 is 1.87 bits per heavy atom. The molecule has 4 aromatic rings. The lowest BCUT2D eigenvalue weighted by Gasteiger charge is -2.11. The van der Waals surface area contributed by atoms with E-state index in [9.17, 15) is 4.79 Å². The van der Waals surface area contributed by atoms with Crippen molar-refractivity contribution in [2.45, 2.75) is 20.8 Å². The molecule has 0 atom stereocenters. The minimum atomic E-state index is -0.351. The number of carbonyl (C=O) groups excluding carboxylic acids is 1. The molecular weight excluding hydrogens is 382 g/mol. The van der Waals surface area contributed by atoms with Gasteiger partial charge in [0.2, 0.25) is 5.88 Å². The Hall–Kier alpha value is -3.94. The number of nitrogens with zero attached hydrogens (tertiary/aromatic N) is 3. The first-order valence-electron chi connectivity index (χ1n) is 9.39. The van der Waals surface area contributed by atoms with Crippen molar-refractivity contribution >= 4 is 11.6 Å². The van der Waals surface area contributed by atoms with Crippen molar-refractivity contribution in [3.63, 3.8) is 0 Å². The molecule has 152 valence electrons. The van der Waals surface area contributed by atoms with Gasteiger partial charge in [0.1, 0.15) is 22.7 Å². The van der Waals surface area contributed by atoms with Crippen molar-refractivity contribution in [2.75, 3.05) is 12.4 Å². The summed E-state index contributed by atoms with van der Waals surface area (Å²) < 4.78 is 10.7. The maximum Gasteiger partial charge on any atom is 0.261 e. The highest BCUT2D eigenvalue weighted by molar-refractivity contribution is 6.09. The number of H-pyrrole nitrogens is 1. The highest BCUT2D eigenvalue weighted by Gasteiger charge is 2.23. The Morgan fingerprint density at radius 3 is 2.53 bits per heavy atom. The number of anilines is 1. The molecule has 3 heterocycles. The molecule has 0 bridgehead atoms. The molecule has 0 aliphatic carbocycles. The fraction of sp³-hybridized carbons (Fsp3) is 0.182. The van der Waals surface area contributed by atoms with Crippen LogP contribution in [0.2, 0.25) is 0 Å². The topological polar surface area (TPSA) is 106 Å². The van der Waals surface area contributed by atoms with E-state index in [0.29, 0.717) is 34.3 Å². The monoisotopic (exact) mass is 403 g/mol. The zero-order valence-corrected chi connectivity index (χ0v) is 17.1. The van der Waals surface area contributed by atoms with E-state index < -0.39 is 0 Å². The first-order valence-corrected chi connectivity index (χ1v) is 9.39. The van der Waals surface area contributed by atoms with Gasteiger partial charge in [-0.25, -0.2) is 4.98 Å². The fourth-order valence-corrected chi connectivity index (χ4v) is 3.38. The second kappa shape index (κ2) is 7.82. The van der Waals surface area contributed by atoms with Gasteiger partial charge in [0.25, 0.3) is 5.91 Å². The molecule has 0 aliphatic heterocycles. The van der Waals surface area contributed by atoms with E-state index in [-0.39, 0.29) is 5.91 Å². The molecule has 0 saturated heterocycles. The highest BCUT2D eigenvalue weighted by atomic mass is 16.5. The van der Waals surface area contributed by atoms with Crippen LogP contribution in [0.1, 0.15) is 27.5 Å². The predicted molar refractivity (Wildman–Crippen MR) is 112 cm³/mol. The Balaban J connectivity index is 1.67. The van der Waals surface area contributed by atoms with Crippen LogP contribution in [0.15, 0.2) is 47.0 Å². The lowest BCUT2D eigenvalue weighted by Crippen LogP contribution is -2.14. The Labute approximate surface area is 173 Å². The van der Waals surface area contributed by atoms with Crippen LogP contribution in [0, 0.1) is 20.8 Å². The summed E-state index contributed by atoms with van der Waals surface area (Å²) in [5.41, 5.74) is 5.47. The first kappa shape index (κ1) is 19.4. The van der Waals surface area contributed by atoms with Crippen LogP contribution in [0.3, 0.4) is 0 Å². The van der Waals surface area contributed by atoms with Crippen molar-refractivity contribution in [1.29, 1.82) is 0 Å². The number of benzene rings is 1. The summed E-state index contributed by atoms with van der Waals surface area (Å²) in [5, 5.41) is 14.1. The minimum absolute atomic E-state index is 0.302. The van der Waals surface area contributed by atoms with Crippen molar-refractivity contribution in [1.82, 2.24) is 20.3 Å². The van der Waals surface area contributed by atoms with Gasteiger partial charge in [-0.2, -0.15) is 5.10 Å². The summed E-state index contributed by atoms with van der Waals surface area (Å²) in [5.74, 6) is 0.381. The van der Waals surface area contributed by atoms with Crippen LogP contribution < -0.4 is 10.1 Å². The quantitative estimate of drug-likeness (QED) is 0.514. The highest BCUT2D eigenvalue weighted by Crippen LogP contribution is 2.31.